The second-order valence-corrected chi connectivity index (χ2v) is 7.19. The van der Waals surface area contributed by atoms with Gasteiger partial charge in [0.05, 0.1) is 0 Å². The number of carbonyl (C=O) groups is 1. The topological polar surface area (TPSA) is 23.6 Å². The Morgan fingerprint density at radius 1 is 1.11 bits per heavy atom. The molecule has 108 valence electrons. The molecule has 0 aromatic carbocycles. The fourth-order valence-electron chi connectivity index (χ4n) is 4.50. The second kappa shape index (κ2) is 5.43. The second-order valence-electron chi connectivity index (χ2n) is 7.19. The van der Waals surface area contributed by atoms with Crippen molar-refractivity contribution in [3.05, 3.63) is 0 Å². The summed E-state index contributed by atoms with van der Waals surface area (Å²) in [4.78, 5) is 17.1. The van der Waals surface area contributed by atoms with E-state index < -0.39 is 0 Å². The number of likely N-dealkylation sites (tertiary alicyclic amines) is 1. The molecule has 19 heavy (non-hydrogen) atoms. The molecule has 3 aliphatic rings. The molecule has 1 heterocycles. The molecule has 2 saturated carbocycles. The molecule has 3 rings (SSSR count). The van der Waals surface area contributed by atoms with E-state index in [-0.39, 0.29) is 0 Å². The Kier molecular flexibility index (Phi) is 3.84. The highest BCUT2D eigenvalue weighted by atomic mass is 16.2. The normalized spacial score (nSPS) is 38.2. The van der Waals surface area contributed by atoms with Crippen LogP contribution >= 0.6 is 0 Å². The van der Waals surface area contributed by atoms with Crippen molar-refractivity contribution in [3.63, 3.8) is 0 Å². The largest absolute Gasteiger partial charge is 0.342 e. The van der Waals surface area contributed by atoms with E-state index in [0.29, 0.717) is 17.7 Å². The average Bonchev–Trinajstić information content (AvgIpc) is 3.11. The number of amides is 1. The van der Waals surface area contributed by atoms with Gasteiger partial charge in [-0.25, -0.2) is 0 Å². The van der Waals surface area contributed by atoms with Crippen LogP contribution in [0.25, 0.3) is 0 Å². The van der Waals surface area contributed by atoms with Crippen LogP contribution in [0.1, 0.15) is 38.5 Å². The zero-order valence-electron chi connectivity index (χ0n) is 12.5. The van der Waals surface area contributed by atoms with Gasteiger partial charge in [0.1, 0.15) is 0 Å². The Bertz CT molecular complexity index is 330. The standard InChI is InChI=1S/C16H28N2O/c1-17(2)10-12-6-5-9-18(11-12)16(19)15-13-7-3-4-8-14(13)15/h12-15H,3-11H2,1-2H3/t12-,13+,14+/m0/s1. The summed E-state index contributed by atoms with van der Waals surface area (Å²) in [6.45, 7) is 3.15. The lowest BCUT2D eigenvalue weighted by molar-refractivity contribution is -0.135. The summed E-state index contributed by atoms with van der Waals surface area (Å²) in [6.07, 6.45) is 7.83. The minimum Gasteiger partial charge on any atom is -0.342 e. The third kappa shape index (κ3) is 2.81. The SMILES string of the molecule is CN(C)C[C@@H]1CCCN(C(=O)C2[C@@H]3CCCC[C@@H]23)C1. The zero-order chi connectivity index (χ0) is 13.4. The first-order valence-corrected chi connectivity index (χ1v) is 8.10. The number of rotatable bonds is 3. The maximum atomic E-state index is 12.7. The van der Waals surface area contributed by atoms with Gasteiger partial charge in [-0.1, -0.05) is 12.8 Å². The van der Waals surface area contributed by atoms with Crippen molar-refractivity contribution >= 4 is 5.91 Å². The monoisotopic (exact) mass is 264 g/mol. The molecular weight excluding hydrogens is 236 g/mol. The van der Waals surface area contributed by atoms with Crippen LogP contribution in [0, 0.1) is 23.7 Å². The third-order valence-corrected chi connectivity index (χ3v) is 5.40. The first kappa shape index (κ1) is 13.4. The summed E-state index contributed by atoms with van der Waals surface area (Å²) in [5, 5.41) is 0. The van der Waals surface area contributed by atoms with Crippen LogP contribution in [0.3, 0.4) is 0 Å². The van der Waals surface area contributed by atoms with Gasteiger partial charge in [-0.3, -0.25) is 4.79 Å². The molecule has 0 N–H and O–H groups in total. The van der Waals surface area contributed by atoms with E-state index in [4.69, 9.17) is 0 Å². The van der Waals surface area contributed by atoms with Gasteiger partial charge in [-0.15, -0.1) is 0 Å². The van der Waals surface area contributed by atoms with Crippen molar-refractivity contribution in [2.45, 2.75) is 38.5 Å². The summed E-state index contributed by atoms with van der Waals surface area (Å²) >= 11 is 0. The molecule has 1 aliphatic heterocycles. The van der Waals surface area contributed by atoms with Crippen molar-refractivity contribution < 1.29 is 4.79 Å². The molecule has 3 fully saturated rings. The Labute approximate surface area is 117 Å². The number of fused-ring (bicyclic) bond motifs is 1. The molecule has 3 heteroatoms. The number of nitrogens with zero attached hydrogens (tertiary/aromatic N) is 2. The van der Waals surface area contributed by atoms with Gasteiger partial charge in [0.25, 0.3) is 0 Å². The molecule has 3 atom stereocenters. The first-order chi connectivity index (χ1) is 9.16. The number of piperidine rings is 1. The van der Waals surface area contributed by atoms with Gasteiger partial charge >= 0.3 is 0 Å². The minimum absolute atomic E-state index is 0.417. The fourth-order valence-corrected chi connectivity index (χ4v) is 4.50. The van der Waals surface area contributed by atoms with E-state index in [0.717, 1.165) is 31.5 Å². The minimum atomic E-state index is 0.417. The highest BCUT2D eigenvalue weighted by molar-refractivity contribution is 5.82. The molecule has 0 spiro atoms. The molecular formula is C16H28N2O. The van der Waals surface area contributed by atoms with Crippen LogP contribution in [0.15, 0.2) is 0 Å². The lowest BCUT2D eigenvalue weighted by atomic mass is 9.97. The number of hydrogen-bond acceptors (Lipinski definition) is 2. The van der Waals surface area contributed by atoms with E-state index in [9.17, 15) is 4.79 Å². The van der Waals surface area contributed by atoms with Crippen LogP contribution < -0.4 is 0 Å². The van der Waals surface area contributed by atoms with E-state index in [2.05, 4.69) is 23.9 Å². The van der Waals surface area contributed by atoms with Gasteiger partial charge in [0.15, 0.2) is 0 Å². The van der Waals surface area contributed by atoms with E-state index in [1.54, 1.807) is 0 Å². The van der Waals surface area contributed by atoms with Crippen molar-refractivity contribution in [2.75, 3.05) is 33.7 Å². The molecule has 0 aromatic heterocycles. The lowest BCUT2D eigenvalue weighted by Gasteiger charge is -2.34. The van der Waals surface area contributed by atoms with Crippen LogP contribution in [0.2, 0.25) is 0 Å². The van der Waals surface area contributed by atoms with Gasteiger partial charge < -0.3 is 9.80 Å². The zero-order valence-corrected chi connectivity index (χ0v) is 12.5. The molecule has 0 bridgehead atoms. The average molecular weight is 264 g/mol. The number of hydrogen-bond donors (Lipinski definition) is 0. The molecule has 0 radical (unpaired) electrons. The van der Waals surface area contributed by atoms with E-state index in [1.165, 1.54) is 38.5 Å². The Morgan fingerprint density at radius 3 is 2.42 bits per heavy atom. The summed E-state index contributed by atoms with van der Waals surface area (Å²) in [5.41, 5.74) is 0. The highest BCUT2D eigenvalue weighted by Gasteiger charge is 2.55. The smallest absolute Gasteiger partial charge is 0.226 e. The van der Waals surface area contributed by atoms with Crippen molar-refractivity contribution in [1.29, 1.82) is 0 Å². The maximum absolute atomic E-state index is 12.7. The van der Waals surface area contributed by atoms with Gasteiger partial charge in [0.2, 0.25) is 5.91 Å². The van der Waals surface area contributed by atoms with Crippen LogP contribution in [0.4, 0.5) is 0 Å². The highest BCUT2D eigenvalue weighted by Crippen LogP contribution is 2.56. The van der Waals surface area contributed by atoms with Crippen molar-refractivity contribution in [1.82, 2.24) is 9.80 Å². The van der Waals surface area contributed by atoms with Crippen molar-refractivity contribution in [2.24, 2.45) is 23.7 Å². The Balaban J connectivity index is 1.55. The quantitative estimate of drug-likeness (QED) is 0.780. The van der Waals surface area contributed by atoms with Crippen LogP contribution in [-0.4, -0.2) is 49.4 Å². The first-order valence-electron chi connectivity index (χ1n) is 8.10. The Hall–Kier alpha value is -0.570. The van der Waals surface area contributed by atoms with Crippen LogP contribution in [-0.2, 0) is 4.79 Å². The van der Waals surface area contributed by atoms with Gasteiger partial charge in [0, 0.05) is 25.6 Å². The Morgan fingerprint density at radius 2 is 1.79 bits per heavy atom. The number of carbonyl (C=O) groups excluding carboxylic acids is 1. The van der Waals surface area contributed by atoms with E-state index >= 15 is 0 Å². The molecule has 1 saturated heterocycles. The predicted molar refractivity (Wildman–Crippen MR) is 76.8 cm³/mol. The molecule has 3 nitrogen and oxygen atoms in total. The summed E-state index contributed by atoms with van der Waals surface area (Å²) < 4.78 is 0. The summed E-state index contributed by atoms with van der Waals surface area (Å²) in [6, 6.07) is 0. The molecule has 0 aromatic rings. The predicted octanol–water partition coefficient (Wildman–Crippen LogP) is 2.22. The molecule has 2 aliphatic carbocycles. The summed E-state index contributed by atoms with van der Waals surface area (Å²) in [7, 11) is 4.27. The molecule has 0 unspecified atom stereocenters. The fraction of sp³-hybridized carbons (Fsp3) is 0.938. The lowest BCUT2D eigenvalue weighted by Crippen LogP contribution is -2.43. The van der Waals surface area contributed by atoms with Gasteiger partial charge in [-0.05, 0) is 57.5 Å². The molecule has 1 amide bonds. The summed E-state index contributed by atoms with van der Waals surface area (Å²) in [5.74, 6) is 3.13. The third-order valence-electron chi connectivity index (χ3n) is 5.40. The van der Waals surface area contributed by atoms with Gasteiger partial charge in [-0.2, -0.15) is 0 Å². The van der Waals surface area contributed by atoms with Crippen molar-refractivity contribution in [3.8, 4) is 0 Å². The maximum Gasteiger partial charge on any atom is 0.226 e. The van der Waals surface area contributed by atoms with Crippen LogP contribution in [0.5, 0.6) is 0 Å². The van der Waals surface area contributed by atoms with E-state index in [1.807, 2.05) is 0 Å².